The predicted octanol–water partition coefficient (Wildman–Crippen LogP) is 2.93. The first-order chi connectivity index (χ1) is 13.8. The quantitative estimate of drug-likeness (QED) is 0.853. The standard InChI is InChI=1S/C22H29N3O3/c26-22(23-16-3-1-2-4-16)25-12-17(15-5-6-18-19(11-15)28-13-27-18)21-20(25)14-7-9-24(21)10-8-14/h5-6,11,14,16-17,20-21H,1-4,7-10,12-13H2,(H,23,26)/t17-,20+,21+/m1/s1. The molecule has 2 amide bonds. The third-order valence-corrected chi connectivity index (χ3v) is 7.76. The Kier molecular flexibility index (Phi) is 3.96. The second-order valence-corrected chi connectivity index (χ2v) is 9.16. The lowest BCUT2D eigenvalue weighted by Crippen LogP contribution is -2.61. The lowest BCUT2D eigenvalue weighted by Gasteiger charge is -2.51. The molecule has 3 atom stereocenters. The Morgan fingerprint density at radius 2 is 1.79 bits per heavy atom. The molecule has 6 aliphatic rings. The van der Waals surface area contributed by atoms with Gasteiger partial charge in [0.15, 0.2) is 11.5 Å². The zero-order chi connectivity index (χ0) is 18.7. The normalized spacial score (nSPS) is 36.0. The molecule has 5 aliphatic heterocycles. The summed E-state index contributed by atoms with van der Waals surface area (Å²) in [7, 11) is 0. The minimum Gasteiger partial charge on any atom is -0.454 e. The van der Waals surface area contributed by atoms with Gasteiger partial charge in [-0.2, -0.15) is 0 Å². The van der Waals surface area contributed by atoms with Crippen molar-refractivity contribution in [3.63, 3.8) is 0 Å². The third-order valence-electron chi connectivity index (χ3n) is 7.76. The summed E-state index contributed by atoms with van der Waals surface area (Å²) in [4.78, 5) is 18.1. The van der Waals surface area contributed by atoms with Gasteiger partial charge in [0.05, 0.1) is 6.04 Å². The van der Waals surface area contributed by atoms with Crippen molar-refractivity contribution in [2.75, 3.05) is 26.4 Å². The minimum atomic E-state index is 0.166. The van der Waals surface area contributed by atoms with Gasteiger partial charge in [0.25, 0.3) is 0 Å². The maximum Gasteiger partial charge on any atom is 0.317 e. The molecule has 28 heavy (non-hydrogen) atoms. The Hall–Kier alpha value is -1.95. The molecule has 1 aliphatic carbocycles. The number of rotatable bonds is 2. The summed E-state index contributed by atoms with van der Waals surface area (Å²) < 4.78 is 11.1. The molecule has 6 heteroatoms. The summed E-state index contributed by atoms with van der Waals surface area (Å²) >= 11 is 0. The minimum absolute atomic E-state index is 0.166. The van der Waals surface area contributed by atoms with Gasteiger partial charge in [-0.3, -0.25) is 4.90 Å². The van der Waals surface area contributed by atoms with Gasteiger partial charge in [0, 0.05) is 24.5 Å². The highest BCUT2D eigenvalue weighted by molar-refractivity contribution is 5.76. The molecule has 1 aromatic carbocycles. The number of nitrogens with one attached hydrogen (secondary N) is 1. The van der Waals surface area contributed by atoms with Crippen molar-refractivity contribution in [2.45, 2.75) is 62.6 Å². The Morgan fingerprint density at radius 3 is 2.61 bits per heavy atom. The number of hydrogen-bond donors (Lipinski definition) is 1. The number of likely N-dealkylation sites (tertiary alicyclic amines) is 1. The van der Waals surface area contributed by atoms with Crippen molar-refractivity contribution in [1.29, 1.82) is 0 Å². The number of amides is 2. The van der Waals surface area contributed by atoms with E-state index in [-0.39, 0.29) is 6.03 Å². The van der Waals surface area contributed by atoms with Crippen molar-refractivity contribution in [2.24, 2.45) is 5.92 Å². The van der Waals surface area contributed by atoms with Crippen LogP contribution in [0.15, 0.2) is 18.2 Å². The number of hydrogen-bond acceptors (Lipinski definition) is 4. The van der Waals surface area contributed by atoms with Crippen LogP contribution in [0.3, 0.4) is 0 Å². The van der Waals surface area contributed by atoms with E-state index in [2.05, 4.69) is 27.2 Å². The number of piperidine rings is 3. The van der Waals surface area contributed by atoms with Gasteiger partial charge in [-0.1, -0.05) is 18.9 Å². The summed E-state index contributed by atoms with van der Waals surface area (Å²) in [6.45, 7) is 3.45. The zero-order valence-corrected chi connectivity index (χ0v) is 16.3. The van der Waals surface area contributed by atoms with Crippen molar-refractivity contribution >= 4 is 6.03 Å². The van der Waals surface area contributed by atoms with Crippen LogP contribution >= 0.6 is 0 Å². The molecule has 150 valence electrons. The number of benzene rings is 1. The summed E-state index contributed by atoms with van der Waals surface area (Å²) in [5.41, 5.74) is 1.28. The third kappa shape index (κ3) is 2.60. The fourth-order valence-electron chi connectivity index (χ4n) is 6.42. The number of carbonyl (C=O) groups excluding carboxylic acids is 1. The van der Waals surface area contributed by atoms with Crippen molar-refractivity contribution in [3.8, 4) is 11.5 Å². The van der Waals surface area contributed by atoms with Crippen LogP contribution in [0.5, 0.6) is 11.5 Å². The Balaban J connectivity index is 1.30. The van der Waals surface area contributed by atoms with Gasteiger partial charge in [-0.25, -0.2) is 4.79 Å². The van der Waals surface area contributed by atoms with E-state index in [0.717, 1.165) is 30.9 Å². The second kappa shape index (κ2) is 6.55. The monoisotopic (exact) mass is 383 g/mol. The van der Waals surface area contributed by atoms with Crippen LogP contribution in [0.2, 0.25) is 0 Å². The molecule has 1 saturated carbocycles. The highest BCUT2D eigenvalue weighted by atomic mass is 16.7. The highest BCUT2D eigenvalue weighted by Gasteiger charge is 2.55. The van der Waals surface area contributed by atoms with Gasteiger partial charge in [-0.05, 0) is 62.4 Å². The summed E-state index contributed by atoms with van der Waals surface area (Å²) in [5, 5.41) is 3.35. The lowest BCUT2D eigenvalue weighted by molar-refractivity contribution is 0.00328. The topological polar surface area (TPSA) is 54.0 Å². The molecule has 5 fully saturated rings. The van der Waals surface area contributed by atoms with Gasteiger partial charge >= 0.3 is 6.03 Å². The SMILES string of the molecule is O=C(NC1CCCC1)N1C[C@H](c2ccc3c(c2)OCO3)[C@H]2[C@@H]1C1CCN2CC1. The lowest BCUT2D eigenvalue weighted by atomic mass is 9.75. The van der Waals surface area contributed by atoms with Crippen molar-refractivity contribution in [1.82, 2.24) is 15.1 Å². The first-order valence-electron chi connectivity index (χ1n) is 11.0. The molecule has 7 rings (SSSR count). The molecule has 4 saturated heterocycles. The molecule has 0 aromatic heterocycles. The van der Waals surface area contributed by atoms with Crippen molar-refractivity contribution < 1.29 is 14.3 Å². The van der Waals surface area contributed by atoms with Crippen LogP contribution in [0, 0.1) is 5.92 Å². The van der Waals surface area contributed by atoms with Crippen LogP contribution in [-0.4, -0.2) is 60.4 Å². The van der Waals surface area contributed by atoms with Gasteiger partial charge in [-0.15, -0.1) is 0 Å². The molecular weight excluding hydrogens is 354 g/mol. The first-order valence-corrected chi connectivity index (χ1v) is 11.0. The van der Waals surface area contributed by atoms with E-state index in [1.807, 2.05) is 6.07 Å². The Bertz CT molecular complexity index is 770. The molecule has 1 aromatic rings. The Morgan fingerprint density at radius 1 is 1.00 bits per heavy atom. The summed E-state index contributed by atoms with van der Waals surface area (Å²) in [5.74, 6) is 2.67. The largest absolute Gasteiger partial charge is 0.454 e. The average molecular weight is 383 g/mol. The number of nitrogens with zero attached hydrogens (tertiary/aromatic N) is 2. The smallest absolute Gasteiger partial charge is 0.317 e. The molecule has 0 unspecified atom stereocenters. The molecule has 6 nitrogen and oxygen atoms in total. The second-order valence-electron chi connectivity index (χ2n) is 9.16. The molecular formula is C22H29N3O3. The molecule has 0 radical (unpaired) electrons. The van der Waals surface area contributed by atoms with Crippen LogP contribution in [-0.2, 0) is 0 Å². The van der Waals surface area contributed by atoms with Crippen LogP contribution in [0.25, 0.3) is 0 Å². The zero-order valence-electron chi connectivity index (χ0n) is 16.3. The van der Waals surface area contributed by atoms with Crippen LogP contribution < -0.4 is 14.8 Å². The van der Waals surface area contributed by atoms with Gasteiger partial charge in [0.2, 0.25) is 6.79 Å². The van der Waals surface area contributed by atoms with Crippen molar-refractivity contribution in [3.05, 3.63) is 23.8 Å². The van der Waals surface area contributed by atoms with Crippen LogP contribution in [0.1, 0.15) is 50.0 Å². The molecule has 0 spiro atoms. The van der Waals surface area contributed by atoms with E-state index < -0.39 is 0 Å². The molecule has 2 bridgehead atoms. The molecule has 5 heterocycles. The number of fused-ring (bicyclic) bond motifs is 3. The van der Waals surface area contributed by atoms with Crippen LogP contribution in [0.4, 0.5) is 4.79 Å². The highest BCUT2D eigenvalue weighted by Crippen LogP contribution is 2.48. The fraction of sp³-hybridized carbons (Fsp3) is 0.682. The summed E-state index contributed by atoms with van der Waals surface area (Å²) in [6.07, 6.45) is 7.20. The predicted molar refractivity (Wildman–Crippen MR) is 105 cm³/mol. The van der Waals surface area contributed by atoms with E-state index >= 15 is 0 Å². The number of carbonyl (C=O) groups is 1. The molecule has 1 N–H and O–H groups in total. The van der Waals surface area contributed by atoms with E-state index in [0.29, 0.717) is 36.8 Å². The number of urea groups is 1. The van der Waals surface area contributed by atoms with E-state index in [1.54, 1.807) is 0 Å². The maximum absolute atomic E-state index is 13.2. The maximum atomic E-state index is 13.2. The first kappa shape index (κ1) is 17.0. The fourth-order valence-corrected chi connectivity index (χ4v) is 6.42. The Labute approximate surface area is 166 Å². The van der Waals surface area contributed by atoms with E-state index in [9.17, 15) is 4.79 Å². The van der Waals surface area contributed by atoms with Gasteiger partial charge < -0.3 is 19.7 Å². The summed E-state index contributed by atoms with van der Waals surface area (Å²) in [6, 6.07) is 7.67. The van der Waals surface area contributed by atoms with E-state index in [1.165, 1.54) is 44.3 Å². The number of ether oxygens (including phenoxy) is 2. The van der Waals surface area contributed by atoms with Gasteiger partial charge in [0.1, 0.15) is 0 Å². The van der Waals surface area contributed by atoms with E-state index in [4.69, 9.17) is 9.47 Å². The average Bonchev–Trinajstić information content (AvgIpc) is 3.47.